The van der Waals surface area contributed by atoms with Gasteiger partial charge in [0, 0.05) is 22.8 Å². The molecule has 50 heavy (non-hydrogen) atoms. The van der Waals surface area contributed by atoms with E-state index in [1.807, 2.05) is 0 Å². The Hall–Kier alpha value is -1.82. The van der Waals surface area contributed by atoms with Gasteiger partial charge in [0.2, 0.25) is 11.4 Å². The number of benzene rings is 2. The minimum absolute atomic E-state index is 0.963. The first-order valence-electron chi connectivity index (χ1n) is 21.1. The van der Waals surface area contributed by atoms with Gasteiger partial charge in [-0.15, -0.1) is 0 Å². The number of nitrogens with zero attached hydrogens (tertiary/aromatic N) is 2. The van der Waals surface area contributed by atoms with Gasteiger partial charge in [0.1, 0.15) is 0 Å². The number of aryl methyl sites for hydroxylation is 4. The number of allylic oxidation sites excluding steroid dienone is 2. The molecular formula is C47H76N2Pd. The van der Waals surface area contributed by atoms with Crippen molar-refractivity contribution in [2.75, 3.05) is 0 Å². The second-order valence-corrected chi connectivity index (χ2v) is 17.4. The maximum atomic E-state index is 12.1. The van der Waals surface area contributed by atoms with Gasteiger partial charge in [-0.05, 0) is 111 Å². The van der Waals surface area contributed by atoms with E-state index in [4.69, 9.17) is 0 Å². The van der Waals surface area contributed by atoms with Gasteiger partial charge in [-0.2, -0.15) is 0 Å². The molecular weight excluding hydrogens is 699 g/mol. The molecule has 0 atom stereocenters. The van der Waals surface area contributed by atoms with Gasteiger partial charge < -0.3 is 5.53 Å². The average molecular weight is 776 g/mol. The summed E-state index contributed by atoms with van der Waals surface area (Å²) in [6.45, 7) is 15.9. The molecule has 0 radical (unpaired) electrons. The summed E-state index contributed by atoms with van der Waals surface area (Å²) in [4.78, 5) is 2.79. The van der Waals surface area contributed by atoms with Crippen molar-refractivity contribution in [3.63, 3.8) is 0 Å². The van der Waals surface area contributed by atoms with E-state index in [1.165, 1.54) is 151 Å². The predicted octanol–water partition coefficient (Wildman–Crippen LogP) is 15.7. The molecule has 1 heterocycles. The molecule has 0 N–H and O–H groups in total. The van der Waals surface area contributed by atoms with Crippen LogP contribution < -0.4 is 0 Å². The van der Waals surface area contributed by atoms with Gasteiger partial charge in [0.15, 0.2) is 0 Å². The Morgan fingerprint density at radius 3 is 1.18 bits per heavy atom. The molecule has 2 aromatic rings. The molecule has 0 spiro atoms. The van der Waals surface area contributed by atoms with Crippen molar-refractivity contribution >= 4 is 11.4 Å². The summed E-state index contributed by atoms with van der Waals surface area (Å²) in [6.07, 6.45) is 29.1. The van der Waals surface area contributed by atoms with Crippen LogP contribution >= 0.6 is 0 Å². The van der Waals surface area contributed by atoms with E-state index in [-0.39, 0.29) is 0 Å². The Balaban J connectivity index is 0.00000161. The van der Waals surface area contributed by atoms with E-state index in [2.05, 4.69) is 90.9 Å². The number of hydrogen-bond acceptors (Lipinski definition) is 0. The number of unbranched alkanes of at least 4 members (excludes halogenated alkanes) is 12. The van der Waals surface area contributed by atoms with Crippen LogP contribution in [0, 0.1) is 0 Å². The molecule has 2 nitrogen and oxygen atoms in total. The van der Waals surface area contributed by atoms with Crippen molar-refractivity contribution in [1.29, 1.82) is 0 Å². The molecule has 1 aliphatic rings. The zero-order valence-corrected chi connectivity index (χ0v) is 35.3. The van der Waals surface area contributed by atoms with Crippen molar-refractivity contribution in [2.45, 2.75) is 200 Å². The summed E-state index contributed by atoms with van der Waals surface area (Å²) in [6, 6.07) is 14.4. The molecule has 0 fully saturated rings. The van der Waals surface area contributed by atoms with Crippen LogP contribution in [-0.4, -0.2) is 4.70 Å². The topological polar surface area (TPSA) is 25.3 Å². The van der Waals surface area contributed by atoms with E-state index >= 15 is 0 Å². The van der Waals surface area contributed by atoms with Crippen LogP contribution in [0.2, 0.25) is 9.79 Å². The van der Waals surface area contributed by atoms with Crippen LogP contribution in [0.3, 0.4) is 0 Å². The van der Waals surface area contributed by atoms with Crippen LogP contribution in [0.4, 0.5) is 0 Å². The van der Waals surface area contributed by atoms with Crippen LogP contribution in [0.25, 0.3) is 16.9 Å². The quantitative estimate of drug-likeness (QED) is 0.0517. The first-order valence-corrected chi connectivity index (χ1v) is 23.3. The molecule has 0 aliphatic carbocycles. The van der Waals surface area contributed by atoms with E-state index in [1.54, 1.807) is 4.70 Å². The molecule has 0 saturated carbocycles. The second-order valence-electron chi connectivity index (χ2n) is 14.4. The van der Waals surface area contributed by atoms with Gasteiger partial charge in [-0.25, -0.2) is 4.70 Å². The minimum atomic E-state index is 0.963. The van der Waals surface area contributed by atoms with E-state index in [9.17, 15) is 5.53 Å². The summed E-state index contributed by atoms with van der Waals surface area (Å²) in [5.74, 6) is 0. The number of hydrogen-bond donors (Lipinski definition) is 0. The molecule has 2 aromatic carbocycles. The third kappa shape index (κ3) is 16.7. The first kappa shape index (κ1) is 44.3. The summed E-state index contributed by atoms with van der Waals surface area (Å²) < 4.78 is 1.57. The van der Waals surface area contributed by atoms with Gasteiger partial charge in [0.25, 0.3) is 0 Å². The fourth-order valence-corrected chi connectivity index (χ4v) is 7.81. The molecule has 284 valence electrons. The standard InChI is InChI=1S/C43H66N2.2C2H5.Pd/c1-6-11-16-21-25-36-28-35(23-18-13-8-3)30-40(31-36)42-34-39(27-20-15-10-5)43(45(42)44)41-32-37(24-19-14-9-4)29-38(33-41)26-22-17-12-7-2;2*1-2;/h28-34H,6-27H2,1-5H3;2*1H2,2H3;. The van der Waals surface area contributed by atoms with Crippen molar-refractivity contribution in [2.24, 2.45) is 0 Å². The predicted molar refractivity (Wildman–Crippen MR) is 219 cm³/mol. The second kappa shape index (κ2) is 27.8. The van der Waals surface area contributed by atoms with Gasteiger partial charge in [-0.3, -0.25) is 0 Å². The Bertz CT molecular complexity index is 1280. The first-order chi connectivity index (χ1) is 24.5. The van der Waals surface area contributed by atoms with Crippen LogP contribution in [0.1, 0.15) is 197 Å². The van der Waals surface area contributed by atoms with Crippen LogP contribution in [0.5, 0.6) is 0 Å². The molecule has 3 rings (SSSR count). The summed E-state index contributed by atoms with van der Waals surface area (Å²) >= 11 is 1.04. The fraction of sp³-hybridized carbons (Fsp3) is 0.660. The third-order valence-electron chi connectivity index (χ3n) is 9.87. The molecule has 0 bridgehead atoms. The van der Waals surface area contributed by atoms with Crippen molar-refractivity contribution < 1.29 is 22.7 Å². The van der Waals surface area contributed by atoms with Crippen LogP contribution in [0.15, 0.2) is 48.0 Å². The fourth-order valence-electron chi connectivity index (χ4n) is 7.04. The maximum absolute atomic E-state index is 12.1. The van der Waals surface area contributed by atoms with E-state index in [0.29, 0.717) is 0 Å². The van der Waals surface area contributed by atoms with Crippen molar-refractivity contribution in [3.05, 3.63) is 87.0 Å². The number of rotatable bonds is 26. The van der Waals surface area contributed by atoms with Gasteiger partial charge >= 0.3 is 41.6 Å². The Morgan fingerprint density at radius 1 is 0.440 bits per heavy atom. The Labute approximate surface area is 319 Å². The van der Waals surface area contributed by atoms with Crippen LogP contribution in [-0.2, 0) is 43.7 Å². The summed E-state index contributed by atoms with van der Waals surface area (Å²) in [5, 5.41) is 0. The van der Waals surface area contributed by atoms with E-state index < -0.39 is 0 Å². The zero-order valence-electron chi connectivity index (χ0n) is 33.7. The van der Waals surface area contributed by atoms with Gasteiger partial charge in [-0.1, -0.05) is 124 Å². The Kier molecular flexibility index (Phi) is 24.6. The molecule has 0 unspecified atom stereocenters. The van der Waals surface area contributed by atoms with E-state index in [0.717, 1.165) is 67.9 Å². The monoisotopic (exact) mass is 775 g/mol. The zero-order chi connectivity index (χ0) is 36.4. The van der Waals surface area contributed by atoms with Crippen molar-refractivity contribution in [1.82, 2.24) is 0 Å². The third-order valence-corrected chi connectivity index (χ3v) is 11.4. The molecule has 0 amide bonds. The van der Waals surface area contributed by atoms with Crippen molar-refractivity contribution in [3.8, 4) is 0 Å². The molecule has 3 heteroatoms. The summed E-state index contributed by atoms with van der Waals surface area (Å²) in [7, 11) is 0. The van der Waals surface area contributed by atoms with Gasteiger partial charge in [0.05, 0.1) is 0 Å². The molecule has 1 aliphatic heterocycles. The summed E-state index contributed by atoms with van der Waals surface area (Å²) in [5.41, 5.74) is 23.5. The molecule has 0 saturated heterocycles. The SMILES string of the molecule is CCCCCCc1cc(CCCCC)cc(C2=CC(CCCCC)=C(c3cc(CCCCC)cc(CCCCCC)c3)[N+]2=[N-])c1.C[CH2][Pd][CH2]C. The normalized spacial score (nSPS) is 12.9. The Morgan fingerprint density at radius 2 is 0.800 bits per heavy atom. The average Bonchev–Trinajstić information content (AvgIpc) is 3.45. The molecule has 0 aromatic heterocycles.